The molecule has 1 heterocycles. The highest BCUT2D eigenvalue weighted by Crippen LogP contribution is 2.05. The second kappa shape index (κ2) is 8.23. The van der Waals surface area contributed by atoms with Crippen molar-refractivity contribution in [3.05, 3.63) is 11.6 Å². The molecular formula is C13H26N4. The molecule has 1 rings (SSSR count). The highest BCUT2D eigenvalue weighted by molar-refractivity contribution is 4.92. The summed E-state index contributed by atoms with van der Waals surface area (Å²) in [5.74, 6) is 2.12. The van der Waals surface area contributed by atoms with Gasteiger partial charge >= 0.3 is 0 Å². The van der Waals surface area contributed by atoms with E-state index in [1.807, 2.05) is 7.05 Å². The van der Waals surface area contributed by atoms with Crippen LogP contribution in [0, 0.1) is 0 Å². The Morgan fingerprint density at radius 2 is 1.82 bits per heavy atom. The first-order valence-corrected chi connectivity index (χ1v) is 6.89. The minimum absolute atomic E-state index is 0.933. The Balaban J connectivity index is 2.28. The summed E-state index contributed by atoms with van der Waals surface area (Å²) in [5.41, 5.74) is 0. The van der Waals surface area contributed by atoms with Crippen molar-refractivity contribution in [2.24, 2.45) is 0 Å². The van der Waals surface area contributed by atoms with Crippen LogP contribution >= 0.6 is 0 Å². The van der Waals surface area contributed by atoms with E-state index in [0.717, 1.165) is 37.6 Å². The lowest BCUT2D eigenvalue weighted by atomic mass is 10.2. The second-order valence-corrected chi connectivity index (χ2v) is 4.39. The molecule has 0 unspecified atom stereocenters. The number of aryl methyl sites for hydroxylation is 3. The number of aromatic nitrogens is 3. The van der Waals surface area contributed by atoms with E-state index in [2.05, 4.69) is 33.9 Å². The Morgan fingerprint density at radius 1 is 1.06 bits per heavy atom. The quantitative estimate of drug-likeness (QED) is 0.671. The molecule has 0 amide bonds. The minimum atomic E-state index is 0.933. The number of nitrogens with one attached hydrogen (secondary N) is 1. The third-order valence-corrected chi connectivity index (χ3v) is 2.97. The smallest absolute Gasteiger partial charge is 0.150 e. The summed E-state index contributed by atoms with van der Waals surface area (Å²) in [6, 6.07) is 0. The van der Waals surface area contributed by atoms with Gasteiger partial charge in [0.15, 0.2) is 5.82 Å². The van der Waals surface area contributed by atoms with Crippen LogP contribution in [0.1, 0.15) is 51.2 Å². The van der Waals surface area contributed by atoms with Crippen molar-refractivity contribution < 1.29 is 0 Å². The van der Waals surface area contributed by atoms with Crippen LogP contribution in [0.15, 0.2) is 0 Å². The van der Waals surface area contributed by atoms with E-state index in [4.69, 9.17) is 0 Å². The highest BCUT2D eigenvalue weighted by atomic mass is 15.3. The first-order valence-electron chi connectivity index (χ1n) is 6.89. The molecule has 0 aromatic carbocycles. The molecule has 0 fully saturated rings. The van der Waals surface area contributed by atoms with Gasteiger partial charge in [-0.1, -0.05) is 26.7 Å². The van der Waals surface area contributed by atoms with Crippen molar-refractivity contribution in [1.82, 2.24) is 20.1 Å². The molecule has 1 aromatic heterocycles. The fraction of sp³-hybridized carbons (Fsp3) is 0.846. The Morgan fingerprint density at radius 3 is 2.47 bits per heavy atom. The maximum absolute atomic E-state index is 4.53. The maximum Gasteiger partial charge on any atom is 0.150 e. The maximum atomic E-state index is 4.53. The van der Waals surface area contributed by atoms with Gasteiger partial charge in [-0.05, 0) is 26.4 Å². The number of hydrogen-bond donors (Lipinski definition) is 1. The van der Waals surface area contributed by atoms with E-state index >= 15 is 0 Å². The lowest BCUT2D eigenvalue weighted by molar-refractivity contribution is 0.513. The molecule has 17 heavy (non-hydrogen) atoms. The van der Waals surface area contributed by atoms with E-state index < -0.39 is 0 Å². The first-order chi connectivity index (χ1) is 8.31. The fourth-order valence-corrected chi connectivity index (χ4v) is 1.93. The molecule has 0 saturated carbocycles. The molecule has 0 aliphatic carbocycles. The van der Waals surface area contributed by atoms with Gasteiger partial charge in [0, 0.05) is 19.4 Å². The largest absolute Gasteiger partial charge is 0.320 e. The van der Waals surface area contributed by atoms with E-state index in [1.165, 1.54) is 25.7 Å². The molecule has 98 valence electrons. The van der Waals surface area contributed by atoms with Crippen LogP contribution in [0.4, 0.5) is 0 Å². The Kier molecular flexibility index (Phi) is 6.86. The molecule has 0 aliphatic rings. The Hall–Kier alpha value is -0.900. The zero-order valence-corrected chi connectivity index (χ0v) is 11.5. The van der Waals surface area contributed by atoms with Gasteiger partial charge in [-0.3, -0.25) is 0 Å². The van der Waals surface area contributed by atoms with Gasteiger partial charge in [0.25, 0.3) is 0 Å². The van der Waals surface area contributed by atoms with Crippen LogP contribution in [-0.2, 0) is 19.4 Å². The Labute approximate surface area is 105 Å². The summed E-state index contributed by atoms with van der Waals surface area (Å²) in [6.45, 7) is 6.41. The van der Waals surface area contributed by atoms with Crippen LogP contribution < -0.4 is 5.32 Å². The van der Waals surface area contributed by atoms with Crippen molar-refractivity contribution >= 4 is 0 Å². The molecule has 0 bridgehead atoms. The van der Waals surface area contributed by atoms with Crippen LogP contribution in [0.25, 0.3) is 0 Å². The molecule has 0 atom stereocenters. The summed E-state index contributed by atoms with van der Waals surface area (Å²) in [7, 11) is 2.01. The van der Waals surface area contributed by atoms with Gasteiger partial charge < -0.3 is 5.32 Å². The highest BCUT2D eigenvalue weighted by Gasteiger charge is 2.05. The van der Waals surface area contributed by atoms with Gasteiger partial charge in [-0.25, -0.2) is 9.67 Å². The summed E-state index contributed by atoms with van der Waals surface area (Å²) in [5, 5.41) is 7.70. The van der Waals surface area contributed by atoms with Crippen molar-refractivity contribution in [3.8, 4) is 0 Å². The van der Waals surface area contributed by atoms with Crippen molar-refractivity contribution in [3.63, 3.8) is 0 Å². The molecule has 0 saturated heterocycles. The number of rotatable bonds is 9. The molecule has 1 aromatic rings. The van der Waals surface area contributed by atoms with E-state index in [1.54, 1.807) is 0 Å². The monoisotopic (exact) mass is 238 g/mol. The summed E-state index contributed by atoms with van der Waals surface area (Å²) in [6.07, 6.45) is 6.98. The number of nitrogens with zero attached hydrogens (tertiary/aromatic N) is 3. The van der Waals surface area contributed by atoms with Gasteiger partial charge in [0.2, 0.25) is 0 Å². The van der Waals surface area contributed by atoms with Crippen LogP contribution in [-0.4, -0.2) is 28.4 Å². The summed E-state index contributed by atoms with van der Waals surface area (Å²) < 4.78 is 2.09. The van der Waals surface area contributed by atoms with Crippen molar-refractivity contribution in [2.75, 3.05) is 13.6 Å². The Bertz CT molecular complexity index is 306. The van der Waals surface area contributed by atoms with E-state index in [9.17, 15) is 0 Å². The molecule has 4 nitrogen and oxygen atoms in total. The molecule has 0 spiro atoms. The predicted molar refractivity (Wildman–Crippen MR) is 71.2 cm³/mol. The van der Waals surface area contributed by atoms with Crippen LogP contribution in [0.3, 0.4) is 0 Å². The molecular weight excluding hydrogens is 212 g/mol. The summed E-state index contributed by atoms with van der Waals surface area (Å²) >= 11 is 0. The van der Waals surface area contributed by atoms with Crippen LogP contribution in [0.2, 0.25) is 0 Å². The fourth-order valence-electron chi connectivity index (χ4n) is 1.93. The molecule has 0 radical (unpaired) electrons. The van der Waals surface area contributed by atoms with E-state index in [0.29, 0.717) is 0 Å². The van der Waals surface area contributed by atoms with Crippen molar-refractivity contribution in [1.29, 1.82) is 0 Å². The zero-order chi connectivity index (χ0) is 12.5. The predicted octanol–water partition coefficient (Wildman–Crippen LogP) is 2.18. The van der Waals surface area contributed by atoms with Crippen molar-refractivity contribution in [2.45, 2.75) is 58.9 Å². The second-order valence-electron chi connectivity index (χ2n) is 4.39. The van der Waals surface area contributed by atoms with Gasteiger partial charge in [-0.15, -0.1) is 0 Å². The lowest BCUT2D eigenvalue weighted by Gasteiger charge is -2.04. The van der Waals surface area contributed by atoms with Crippen LogP contribution in [0.5, 0.6) is 0 Å². The number of unbranched alkanes of at least 4 members (excludes halogenated alkanes) is 3. The molecule has 1 N–H and O–H groups in total. The number of hydrogen-bond acceptors (Lipinski definition) is 3. The minimum Gasteiger partial charge on any atom is -0.320 e. The standard InChI is InChI=1S/C13H26N4/c1-4-12-15-13(5-2)17(16-12)11-9-7-6-8-10-14-3/h14H,4-11H2,1-3H3. The zero-order valence-electron chi connectivity index (χ0n) is 11.5. The molecule has 4 heteroatoms. The molecule has 0 aliphatic heterocycles. The third-order valence-electron chi connectivity index (χ3n) is 2.97. The lowest BCUT2D eigenvalue weighted by Crippen LogP contribution is -2.08. The SMILES string of the molecule is CCc1nc(CC)n(CCCCCCNC)n1. The summed E-state index contributed by atoms with van der Waals surface area (Å²) in [4.78, 5) is 4.52. The van der Waals surface area contributed by atoms with E-state index in [-0.39, 0.29) is 0 Å². The third kappa shape index (κ3) is 4.86. The average molecular weight is 238 g/mol. The van der Waals surface area contributed by atoms with Gasteiger partial charge in [0.05, 0.1) is 0 Å². The first kappa shape index (κ1) is 14.2. The van der Waals surface area contributed by atoms with Gasteiger partial charge in [0.1, 0.15) is 5.82 Å². The van der Waals surface area contributed by atoms with Gasteiger partial charge in [-0.2, -0.15) is 5.10 Å². The average Bonchev–Trinajstić information content (AvgIpc) is 2.76. The topological polar surface area (TPSA) is 42.7 Å². The normalized spacial score (nSPS) is 11.0.